The Bertz CT molecular complexity index is 741. The minimum absolute atomic E-state index is 0.0922. The molecule has 0 aliphatic carbocycles. The van der Waals surface area contributed by atoms with Crippen LogP contribution >= 0.6 is 0 Å². The molecule has 0 saturated carbocycles. The molecule has 3 aromatic rings. The molecule has 0 atom stereocenters. The van der Waals surface area contributed by atoms with Crippen LogP contribution in [0.2, 0.25) is 0 Å². The summed E-state index contributed by atoms with van der Waals surface area (Å²) in [7, 11) is 0. The van der Waals surface area contributed by atoms with E-state index in [-0.39, 0.29) is 5.75 Å². The number of aromatic nitrogens is 1. The smallest absolute Gasteiger partial charge is 0.387 e. The average Bonchev–Trinajstić information content (AvgIpc) is 2.96. The molecule has 0 fully saturated rings. The normalized spacial score (nSPS) is 10.9. The Hall–Kier alpha value is -2.69. The first kappa shape index (κ1) is 14.3. The van der Waals surface area contributed by atoms with E-state index in [9.17, 15) is 8.78 Å². The topological polar surface area (TPSA) is 35.3 Å². The summed E-state index contributed by atoms with van der Waals surface area (Å²) in [5, 5.41) is 0. The number of hydrogen-bond acceptors (Lipinski definition) is 3. The standard InChI is InChI=1S/C17H13F2NO2/c18-17(19)22-14-8-4-7-13(10-14)16-15(20-11-21-16)9-12-5-2-1-3-6-12/h1-8,10-11,17H,9H2. The van der Waals surface area contributed by atoms with Gasteiger partial charge in [-0.2, -0.15) is 8.78 Å². The molecule has 0 unspecified atom stereocenters. The van der Waals surface area contributed by atoms with Gasteiger partial charge in [0.1, 0.15) is 5.75 Å². The Labute approximate surface area is 126 Å². The summed E-state index contributed by atoms with van der Waals surface area (Å²) in [6.45, 7) is -2.85. The summed E-state index contributed by atoms with van der Waals surface area (Å²) in [6.07, 6.45) is 1.96. The molecule has 0 saturated heterocycles. The maximum absolute atomic E-state index is 12.3. The van der Waals surface area contributed by atoms with Gasteiger partial charge in [-0.15, -0.1) is 0 Å². The Kier molecular flexibility index (Phi) is 4.14. The van der Waals surface area contributed by atoms with E-state index in [2.05, 4.69) is 9.72 Å². The number of rotatable bonds is 5. The minimum Gasteiger partial charge on any atom is -0.443 e. The third kappa shape index (κ3) is 3.31. The molecule has 1 heterocycles. The molecule has 0 amide bonds. The van der Waals surface area contributed by atoms with Crippen molar-refractivity contribution in [3.63, 3.8) is 0 Å². The van der Waals surface area contributed by atoms with E-state index in [4.69, 9.17) is 4.42 Å². The lowest BCUT2D eigenvalue weighted by Crippen LogP contribution is -2.01. The van der Waals surface area contributed by atoms with Crippen molar-refractivity contribution >= 4 is 0 Å². The van der Waals surface area contributed by atoms with Crippen LogP contribution in [0, 0.1) is 0 Å². The number of nitrogens with zero attached hydrogens (tertiary/aromatic N) is 1. The molecule has 0 aliphatic heterocycles. The number of oxazole rings is 1. The third-order valence-corrected chi connectivity index (χ3v) is 3.18. The van der Waals surface area contributed by atoms with Crippen molar-refractivity contribution < 1.29 is 17.9 Å². The summed E-state index contributed by atoms with van der Waals surface area (Å²) in [6, 6.07) is 16.2. The Morgan fingerprint density at radius 3 is 2.64 bits per heavy atom. The lowest BCUT2D eigenvalue weighted by Gasteiger charge is -2.06. The molecule has 0 radical (unpaired) electrons. The highest BCUT2D eigenvalue weighted by molar-refractivity contribution is 5.62. The van der Waals surface area contributed by atoms with E-state index in [0.717, 1.165) is 11.3 Å². The molecule has 5 heteroatoms. The van der Waals surface area contributed by atoms with Crippen LogP contribution in [0.3, 0.4) is 0 Å². The van der Waals surface area contributed by atoms with Crippen LogP contribution in [0.4, 0.5) is 8.78 Å². The molecule has 22 heavy (non-hydrogen) atoms. The van der Waals surface area contributed by atoms with Gasteiger partial charge in [-0.1, -0.05) is 42.5 Å². The second kappa shape index (κ2) is 6.39. The third-order valence-electron chi connectivity index (χ3n) is 3.18. The van der Waals surface area contributed by atoms with E-state index in [1.165, 1.54) is 18.5 Å². The Morgan fingerprint density at radius 2 is 1.86 bits per heavy atom. The SMILES string of the molecule is FC(F)Oc1cccc(-c2ocnc2Cc2ccccc2)c1. The van der Waals surface area contributed by atoms with E-state index in [1.54, 1.807) is 12.1 Å². The zero-order valence-corrected chi connectivity index (χ0v) is 11.6. The van der Waals surface area contributed by atoms with E-state index in [0.29, 0.717) is 17.7 Å². The van der Waals surface area contributed by atoms with Crippen molar-refractivity contribution in [2.24, 2.45) is 0 Å². The molecule has 0 bridgehead atoms. The van der Waals surface area contributed by atoms with E-state index in [1.807, 2.05) is 30.3 Å². The highest BCUT2D eigenvalue weighted by Gasteiger charge is 2.13. The first-order valence-corrected chi connectivity index (χ1v) is 6.74. The predicted octanol–water partition coefficient (Wildman–Crippen LogP) is 4.53. The zero-order chi connectivity index (χ0) is 15.4. The van der Waals surface area contributed by atoms with Gasteiger partial charge in [-0.3, -0.25) is 0 Å². The monoisotopic (exact) mass is 301 g/mol. The molecule has 0 N–H and O–H groups in total. The van der Waals surface area contributed by atoms with Crippen LogP contribution in [0.5, 0.6) is 5.75 Å². The average molecular weight is 301 g/mol. The maximum Gasteiger partial charge on any atom is 0.387 e. The van der Waals surface area contributed by atoms with Crippen molar-refractivity contribution in [2.75, 3.05) is 0 Å². The fraction of sp³-hybridized carbons (Fsp3) is 0.118. The van der Waals surface area contributed by atoms with Crippen molar-refractivity contribution in [3.8, 4) is 17.1 Å². The highest BCUT2D eigenvalue weighted by Crippen LogP contribution is 2.28. The fourth-order valence-electron chi connectivity index (χ4n) is 2.23. The second-order valence-corrected chi connectivity index (χ2v) is 4.70. The molecule has 3 nitrogen and oxygen atoms in total. The van der Waals surface area contributed by atoms with Gasteiger partial charge in [0.2, 0.25) is 0 Å². The largest absolute Gasteiger partial charge is 0.443 e. The van der Waals surface area contributed by atoms with Crippen molar-refractivity contribution in [1.82, 2.24) is 4.98 Å². The summed E-state index contributed by atoms with van der Waals surface area (Å²) in [4.78, 5) is 4.22. The molecule has 2 aromatic carbocycles. The summed E-state index contributed by atoms with van der Waals surface area (Å²) < 4.78 is 34.5. The molecule has 0 spiro atoms. The lowest BCUT2D eigenvalue weighted by atomic mass is 10.1. The lowest BCUT2D eigenvalue weighted by molar-refractivity contribution is -0.0498. The quantitative estimate of drug-likeness (QED) is 0.694. The van der Waals surface area contributed by atoms with Crippen LogP contribution in [0.25, 0.3) is 11.3 Å². The van der Waals surface area contributed by atoms with Crippen LogP contribution in [0.15, 0.2) is 65.4 Å². The molecule has 112 valence electrons. The number of alkyl halides is 2. The molecule has 3 rings (SSSR count). The van der Waals surface area contributed by atoms with Crippen LogP contribution in [0.1, 0.15) is 11.3 Å². The highest BCUT2D eigenvalue weighted by atomic mass is 19.3. The minimum atomic E-state index is -2.85. The number of halogens is 2. The first-order chi connectivity index (χ1) is 10.7. The zero-order valence-electron chi connectivity index (χ0n) is 11.6. The Balaban J connectivity index is 1.88. The maximum atomic E-state index is 12.3. The van der Waals surface area contributed by atoms with Crippen molar-refractivity contribution in [2.45, 2.75) is 13.0 Å². The van der Waals surface area contributed by atoms with Gasteiger partial charge >= 0.3 is 6.61 Å². The number of hydrogen-bond donors (Lipinski definition) is 0. The van der Waals surface area contributed by atoms with Crippen molar-refractivity contribution in [3.05, 3.63) is 72.2 Å². The number of ether oxygens (including phenoxy) is 1. The van der Waals surface area contributed by atoms with Gasteiger partial charge in [0.25, 0.3) is 0 Å². The van der Waals surface area contributed by atoms with Gasteiger partial charge < -0.3 is 9.15 Å². The molecule has 0 aliphatic rings. The van der Waals surface area contributed by atoms with Crippen LogP contribution in [-0.4, -0.2) is 11.6 Å². The van der Waals surface area contributed by atoms with Crippen molar-refractivity contribution in [1.29, 1.82) is 0 Å². The predicted molar refractivity (Wildman–Crippen MR) is 77.8 cm³/mol. The van der Waals surface area contributed by atoms with Gasteiger partial charge in [0, 0.05) is 12.0 Å². The van der Waals surface area contributed by atoms with Gasteiger partial charge in [0.05, 0.1) is 5.69 Å². The van der Waals surface area contributed by atoms with Gasteiger partial charge in [0.15, 0.2) is 12.2 Å². The van der Waals surface area contributed by atoms with Gasteiger partial charge in [-0.05, 0) is 17.7 Å². The molecular weight excluding hydrogens is 288 g/mol. The molecular formula is C17H13F2NO2. The first-order valence-electron chi connectivity index (χ1n) is 6.74. The fourth-order valence-corrected chi connectivity index (χ4v) is 2.23. The number of benzene rings is 2. The van der Waals surface area contributed by atoms with Gasteiger partial charge in [-0.25, -0.2) is 4.98 Å². The summed E-state index contributed by atoms with van der Waals surface area (Å²) in [5.41, 5.74) is 2.50. The van der Waals surface area contributed by atoms with E-state index >= 15 is 0 Å². The van der Waals surface area contributed by atoms with E-state index < -0.39 is 6.61 Å². The van der Waals surface area contributed by atoms with Crippen LogP contribution < -0.4 is 4.74 Å². The van der Waals surface area contributed by atoms with Crippen LogP contribution in [-0.2, 0) is 6.42 Å². The molecule has 1 aromatic heterocycles. The Morgan fingerprint density at radius 1 is 1.05 bits per heavy atom. The summed E-state index contributed by atoms with van der Waals surface area (Å²) in [5.74, 6) is 0.651. The second-order valence-electron chi connectivity index (χ2n) is 4.70. The summed E-state index contributed by atoms with van der Waals surface area (Å²) >= 11 is 0.